The van der Waals surface area contributed by atoms with Crippen molar-refractivity contribution in [1.29, 1.82) is 0 Å². The summed E-state index contributed by atoms with van der Waals surface area (Å²) in [5, 5.41) is 3.73. The highest BCUT2D eigenvalue weighted by Gasteiger charge is 2.28. The molecule has 0 radical (unpaired) electrons. The fraction of sp³-hybridized carbons (Fsp3) is 0.688. The molecule has 3 heteroatoms. The molecular formula is C16H27N3. The van der Waals surface area contributed by atoms with Crippen molar-refractivity contribution in [2.75, 3.05) is 13.1 Å². The van der Waals surface area contributed by atoms with E-state index < -0.39 is 0 Å². The van der Waals surface area contributed by atoms with Gasteiger partial charge in [0.25, 0.3) is 0 Å². The normalized spacial score (nSPS) is 26.3. The standard InChI is InChI=1S/C16H27N3/c1-4-13(3)16-12-19(15(5-2)10-18-16)11-14-6-8-17-9-7-14/h6-9,13,15-16,18H,4-5,10-12H2,1-3H3. The Morgan fingerprint density at radius 3 is 2.74 bits per heavy atom. The molecule has 0 amide bonds. The maximum Gasteiger partial charge on any atom is 0.0271 e. The number of hydrogen-bond donors (Lipinski definition) is 1. The van der Waals surface area contributed by atoms with Gasteiger partial charge in [-0.25, -0.2) is 0 Å². The molecule has 1 aromatic heterocycles. The van der Waals surface area contributed by atoms with Gasteiger partial charge >= 0.3 is 0 Å². The van der Waals surface area contributed by atoms with Crippen LogP contribution in [0.15, 0.2) is 24.5 Å². The Morgan fingerprint density at radius 2 is 2.11 bits per heavy atom. The molecule has 3 unspecified atom stereocenters. The SMILES string of the molecule is CCC(C)C1CN(Cc2ccncc2)C(CC)CN1. The quantitative estimate of drug-likeness (QED) is 0.883. The summed E-state index contributed by atoms with van der Waals surface area (Å²) in [6, 6.07) is 5.56. The van der Waals surface area contributed by atoms with E-state index in [0.29, 0.717) is 12.1 Å². The molecule has 0 aromatic carbocycles. The molecule has 1 aliphatic heterocycles. The minimum Gasteiger partial charge on any atom is -0.311 e. The first-order chi connectivity index (χ1) is 9.24. The molecular weight excluding hydrogens is 234 g/mol. The van der Waals surface area contributed by atoms with Crippen molar-refractivity contribution in [2.45, 2.75) is 52.2 Å². The van der Waals surface area contributed by atoms with Crippen LogP contribution in [0.2, 0.25) is 0 Å². The number of hydrogen-bond acceptors (Lipinski definition) is 3. The van der Waals surface area contributed by atoms with Gasteiger partial charge in [0, 0.05) is 44.1 Å². The van der Waals surface area contributed by atoms with Crippen molar-refractivity contribution in [3.63, 3.8) is 0 Å². The number of piperazine rings is 1. The lowest BCUT2D eigenvalue weighted by Crippen LogP contribution is -2.57. The van der Waals surface area contributed by atoms with Gasteiger partial charge in [0.15, 0.2) is 0 Å². The van der Waals surface area contributed by atoms with E-state index >= 15 is 0 Å². The van der Waals surface area contributed by atoms with E-state index in [0.717, 1.165) is 25.6 Å². The molecule has 3 atom stereocenters. The summed E-state index contributed by atoms with van der Waals surface area (Å²) in [5.74, 6) is 0.748. The number of nitrogens with one attached hydrogen (secondary N) is 1. The van der Waals surface area contributed by atoms with Crippen LogP contribution in [-0.4, -0.2) is 35.1 Å². The van der Waals surface area contributed by atoms with E-state index in [4.69, 9.17) is 0 Å². The van der Waals surface area contributed by atoms with Crippen molar-refractivity contribution in [2.24, 2.45) is 5.92 Å². The van der Waals surface area contributed by atoms with Crippen LogP contribution in [0.5, 0.6) is 0 Å². The summed E-state index contributed by atoms with van der Waals surface area (Å²) in [5.41, 5.74) is 1.37. The zero-order valence-electron chi connectivity index (χ0n) is 12.5. The van der Waals surface area contributed by atoms with E-state index in [2.05, 4.69) is 48.1 Å². The third-order valence-electron chi connectivity index (χ3n) is 4.50. The minimum atomic E-state index is 0.634. The summed E-state index contributed by atoms with van der Waals surface area (Å²) in [4.78, 5) is 6.74. The molecule has 1 aliphatic rings. The average molecular weight is 261 g/mol. The molecule has 0 spiro atoms. The second-order valence-electron chi connectivity index (χ2n) is 5.75. The number of pyridine rings is 1. The van der Waals surface area contributed by atoms with Crippen molar-refractivity contribution in [1.82, 2.24) is 15.2 Å². The highest BCUT2D eigenvalue weighted by molar-refractivity contribution is 5.10. The first kappa shape index (κ1) is 14.5. The van der Waals surface area contributed by atoms with Gasteiger partial charge in [-0.1, -0.05) is 27.2 Å². The molecule has 1 aromatic rings. The van der Waals surface area contributed by atoms with Gasteiger partial charge in [-0.3, -0.25) is 9.88 Å². The second kappa shape index (κ2) is 7.01. The topological polar surface area (TPSA) is 28.2 Å². The Balaban J connectivity index is 2.01. The summed E-state index contributed by atoms with van der Waals surface area (Å²) in [7, 11) is 0. The molecule has 2 heterocycles. The van der Waals surface area contributed by atoms with Crippen LogP contribution in [0.1, 0.15) is 39.2 Å². The van der Waals surface area contributed by atoms with E-state index in [-0.39, 0.29) is 0 Å². The first-order valence-electron chi connectivity index (χ1n) is 7.60. The van der Waals surface area contributed by atoms with Crippen molar-refractivity contribution in [3.05, 3.63) is 30.1 Å². The fourth-order valence-corrected chi connectivity index (χ4v) is 2.87. The van der Waals surface area contributed by atoms with Crippen LogP contribution in [0.4, 0.5) is 0 Å². The molecule has 106 valence electrons. The highest BCUT2D eigenvalue weighted by atomic mass is 15.2. The third-order valence-corrected chi connectivity index (χ3v) is 4.50. The smallest absolute Gasteiger partial charge is 0.0271 e. The van der Waals surface area contributed by atoms with E-state index in [1.165, 1.54) is 18.4 Å². The van der Waals surface area contributed by atoms with Crippen molar-refractivity contribution >= 4 is 0 Å². The van der Waals surface area contributed by atoms with Crippen LogP contribution in [0.3, 0.4) is 0 Å². The Bertz CT molecular complexity index is 366. The Kier molecular flexibility index (Phi) is 5.34. The maximum absolute atomic E-state index is 4.10. The lowest BCUT2D eigenvalue weighted by Gasteiger charge is -2.42. The summed E-state index contributed by atoms with van der Waals surface area (Å²) >= 11 is 0. The first-order valence-corrected chi connectivity index (χ1v) is 7.60. The van der Waals surface area contributed by atoms with Crippen LogP contribution < -0.4 is 5.32 Å². The van der Waals surface area contributed by atoms with Gasteiger partial charge in [-0.05, 0) is 30.0 Å². The molecule has 1 N–H and O–H groups in total. The summed E-state index contributed by atoms with van der Waals surface area (Å²) in [6.45, 7) is 10.3. The van der Waals surface area contributed by atoms with Crippen molar-refractivity contribution in [3.8, 4) is 0 Å². The molecule has 0 bridgehead atoms. The second-order valence-corrected chi connectivity index (χ2v) is 5.75. The Labute approximate surface area is 117 Å². The average Bonchev–Trinajstić information content (AvgIpc) is 2.47. The van der Waals surface area contributed by atoms with Crippen LogP contribution in [0.25, 0.3) is 0 Å². The van der Waals surface area contributed by atoms with Gasteiger partial charge in [-0.15, -0.1) is 0 Å². The minimum absolute atomic E-state index is 0.634. The molecule has 0 aliphatic carbocycles. The molecule has 1 saturated heterocycles. The lowest BCUT2D eigenvalue weighted by atomic mass is 9.94. The summed E-state index contributed by atoms with van der Waals surface area (Å²) in [6.07, 6.45) is 6.25. The maximum atomic E-state index is 4.10. The Hall–Kier alpha value is -0.930. The van der Waals surface area contributed by atoms with Crippen molar-refractivity contribution < 1.29 is 0 Å². The zero-order valence-corrected chi connectivity index (χ0v) is 12.5. The number of nitrogens with zero attached hydrogens (tertiary/aromatic N) is 2. The van der Waals surface area contributed by atoms with Crippen LogP contribution in [-0.2, 0) is 6.54 Å². The van der Waals surface area contributed by atoms with Crippen LogP contribution in [0, 0.1) is 5.92 Å². The predicted octanol–water partition coefficient (Wildman–Crippen LogP) is 2.68. The van der Waals surface area contributed by atoms with Gasteiger partial charge in [-0.2, -0.15) is 0 Å². The molecule has 3 nitrogen and oxygen atoms in total. The van der Waals surface area contributed by atoms with E-state index in [9.17, 15) is 0 Å². The number of rotatable bonds is 5. The van der Waals surface area contributed by atoms with Gasteiger partial charge < -0.3 is 5.32 Å². The number of aromatic nitrogens is 1. The molecule has 19 heavy (non-hydrogen) atoms. The lowest BCUT2D eigenvalue weighted by molar-refractivity contribution is 0.0993. The largest absolute Gasteiger partial charge is 0.311 e. The van der Waals surface area contributed by atoms with Gasteiger partial charge in [0.1, 0.15) is 0 Å². The zero-order chi connectivity index (χ0) is 13.7. The highest BCUT2D eigenvalue weighted by Crippen LogP contribution is 2.19. The van der Waals surface area contributed by atoms with Gasteiger partial charge in [0.05, 0.1) is 0 Å². The third kappa shape index (κ3) is 3.77. The molecule has 1 fully saturated rings. The summed E-state index contributed by atoms with van der Waals surface area (Å²) < 4.78 is 0. The molecule has 2 rings (SSSR count). The van der Waals surface area contributed by atoms with E-state index in [1.54, 1.807) is 0 Å². The molecule has 0 saturated carbocycles. The van der Waals surface area contributed by atoms with Crippen LogP contribution >= 0.6 is 0 Å². The fourth-order valence-electron chi connectivity index (χ4n) is 2.87. The van der Waals surface area contributed by atoms with Gasteiger partial charge in [0.2, 0.25) is 0 Å². The Morgan fingerprint density at radius 1 is 1.37 bits per heavy atom. The predicted molar refractivity (Wildman–Crippen MR) is 80.0 cm³/mol. The monoisotopic (exact) mass is 261 g/mol. The van der Waals surface area contributed by atoms with E-state index in [1.807, 2.05) is 12.4 Å².